The van der Waals surface area contributed by atoms with Crippen molar-refractivity contribution in [2.75, 3.05) is 40.3 Å². The summed E-state index contributed by atoms with van der Waals surface area (Å²) < 4.78 is 0. The third kappa shape index (κ3) is 62.5. The van der Waals surface area contributed by atoms with Gasteiger partial charge in [-0.2, -0.15) is 0 Å². The predicted molar refractivity (Wildman–Crippen MR) is 269 cm³/mol. The minimum atomic E-state index is -0.933. The van der Waals surface area contributed by atoms with Crippen molar-refractivity contribution in [3.8, 4) is 0 Å². The highest BCUT2D eigenvalue weighted by Gasteiger charge is 2.17. The first-order valence-corrected chi connectivity index (χ1v) is 25.0. The van der Waals surface area contributed by atoms with Crippen molar-refractivity contribution in [2.24, 2.45) is 5.92 Å². The van der Waals surface area contributed by atoms with E-state index < -0.39 is 17.9 Å². The van der Waals surface area contributed by atoms with Gasteiger partial charge in [-0.15, -0.1) is 34.0 Å². The molecule has 1 atom stereocenters. The van der Waals surface area contributed by atoms with Gasteiger partial charge in [-0.1, -0.05) is 221 Å². The molecule has 58 heavy (non-hydrogen) atoms. The van der Waals surface area contributed by atoms with E-state index in [0.717, 1.165) is 6.42 Å². The molecule has 0 aromatic heterocycles. The fraction of sp³-hybridized carbons (Fsp3) is 0.960. The molecule has 0 saturated heterocycles. The van der Waals surface area contributed by atoms with Crippen molar-refractivity contribution in [3.05, 3.63) is 0 Å². The van der Waals surface area contributed by atoms with Gasteiger partial charge in [-0.3, -0.25) is 9.59 Å². The summed E-state index contributed by atoms with van der Waals surface area (Å²) in [7, 11) is 4.62. The van der Waals surface area contributed by atoms with Crippen LogP contribution < -0.4 is 0 Å². The summed E-state index contributed by atoms with van der Waals surface area (Å²) in [6.07, 6.45) is 47.4. The van der Waals surface area contributed by atoms with Gasteiger partial charge in [0.2, 0.25) is 0 Å². The smallest absolute Gasteiger partial charge is 0.306 e. The molecule has 0 heterocycles. The van der Waals surface area contributed by atoms with E-state index >= 15 is 0 Å². The van der Waals surface area contributed by atoms with E-state index in [-0.39, 0.29) is 46.8 Å². The van der Waals surface area contributed by atoms with Gasteiger partial charge in [0.05, 0.1) is 5.92 Å². The molecule has 0 saturated carbocycles. The summed E-state index contributed by atoms with van der Waals surface area (Å²) in [5.41, 5.74) is 0. The summed E-state index contributed by atoms with van der Waals surface area (Å²) in [6.45, 7) is 16.3. The molecule has 0 fully saturated rings. The zero-order valence-electron chi connectivity index (χ0n) is 40.3. The lowest BCUT2D eigenvalue weighted by atomic mass is 9.98. The largest absolute Gasteiger partial charge is 0.481 e. The zero-order valence-corrected chi connectivity index (χ0v) is 43.7. The van der Waals surface area contributed by atoms with E-state index in [2.05, 4.69) is 51.6 Å². The minimum Gasteiger partial charge on any atom is -0.481 e. The number of rotatable bonds is 42. The third-order valence-corrected chi connectivity index (χ3v) is 11.3. The van der Waals surface area contributed by atoms with Crippen LogP contribution in [-0.2, 0) is 9.59 Å². The van der Waals surface area contributed by atoms with Gasteiger partial charge in [0, 0.05) is 6.42 Å². The van der Waals surface area contributed by atoms with Crippen LogP contribution in [0.1, 0.15) is 266 Å². The molecule has 0 aromatic rings. The Labute approximate surface area is 385 Å². The molecule has 0 radical (unpaired) electrons. The molecule has 0 aromatic carbocycles. The van der Waals surface area contributed by atoms with Crippen LogP contribution in [0.4, 0.5) is 0 Å². The van der Waals surface area contributed by atoms with Gasteiger partial charge in [-0.05, 0) is 78.8 Å². The summed E-state index contributed by atoms with van der Waals surface area (Å²) in [6, 6.07) is 0. The molecule has 2 N–H and O–H groups in total. The number of carboxylic acids is 2. The lowest BCUT2D eigenvalue weighted by Gasteiger charge is -2.16. The number of carboxylic acid groups (broad SMARTS) is 2. The number of unbranched alkanes of at least 4 members (excludes halogenated alkanes) is 28. The Balaban J connectivity index is -0.000000248. The average molecular weight is 959 g/mol. The molecule has 0 aliphatic heterocycles. The molecule has 0 amide bonds. The lowest BCUT2D eigenvalue weighted by molar-refractivity contribution is -0.143. The van der Waals surface area contributed by atoms with Crippen molar-refractivity contribution in [3.63, 3.8) is 0 Å². The first kappa shape index (κ1) is 66.9. The molecule has 6 nitrogen and oxygen atoms in total. The van der Waals surface area contributed by atoms with Crippen molar-refractivity contribution < 1.29 is 19.8 Å². The fourth-order valence-corrected chi connectivity index (χ4v) is 7.32. The molecule has 354 valence electrons. The Hall–Kier alpha value is -0.180. The van der Waals surface area contributed by atoms with Crippen LogP contribution in [0.5, 0.6) is 0 Å². The SMILES string of the molecule is Br.Br.CCCC(CCC(=O)O)C(=O)O.CCCCCCCCCCN(C)CCCCCCCCCC.CCCCCCCCCCN(C)CCCCCCCCCC. The van der Waals surface area contributed by atoms with E-state index in [1.54, 1.807) is 0 Å². The molecule has 1 unspecified atom stereocenters. The molecule has 8 heteroatoms. The normalized spacial score (nSPS) is 11.3. The highest BCUT2D eigenvalue weighted by molar-refractivity contribution is 8.93. The minimum absolute atomic E-state index is 0. The standard InChI is InChI=1S/2C21H45N.C8H14O4.2BrH/c2*1-4-6-8-10-12-14-16-18-20-22(3)21-19-17-15-13-11-9-7-5-2;1-2-3-6(8(11)12)4-5-7(9)10;;/h2*4-21H2,1-3H3;6H,2-5H2,1H3,(H,9,10)(H,11,12);2*1H. The number of nitrogens with zero attached hydrogens (tertiary/aromatic N) is 2. The van der Waals surface area contributed by atoms with Gasteiger partial charge in [0.1, 0.15) is 0 Å². The number of aliphatic carboxylic acids is 2. The second kappa shape index (κ2) is 58.9. The van der Waals surface area contributed by atoms with E-state index in [4.69, 9.17) is 10.2 Å². The summed E-state index contributed by atoms with van der Waals surface area (Å²) >= 11 is 0. The Morgan fingerprint density at radius 1 is 0.362 bits per heavy atom. The van der Waals surface area contributed by atoms with Gasteiger partial charge >= 0.3 is 11.9 Å². The second-order valence-corrected chi connectivity index (χ2v) is 17.3. The quantitative estimate of drug-likeness (QED) is 0.0593. The van der Waals surface area contributed by atoms with Gasteiger partial charge < -0.3 is 20.0 Å². The van der Waals surface area contributed by atoms with Crippen molar-refractivity contribution in [1.29, 1.82) is 0 Å². The van der Waals surface area contributed by atoms with Crippen molar-refractivity contribution in [2.45, 2.75) is 266 Å². The summed E-state index contributed by atoms with van der Waals surface area (Å²) in [5, 5.41) is 16.9. The molecule has 0 bridgehead atoms. The van der Waals surface area contributed by atoms with E-state index in [9.17, 15) is 9.59 Å². The Morgan fingerprint density at radius 3 is 0.776 bits per heavy atom. The van der Waals surface area contributed by atoms with Crippen molar-refractivity contribution in [1.82, 2.24) is 9.80 Å². The zero-order chi connectivity index (χ0) is 42.2. The summed E-state index contributed by atoms with van der Waals surface area (Å²) in [5.74, 6) is -2.32. The maximum Gasteiger partial charge on any atom is 0.306 e. The maximum absolute atomic E-state index is 10.5. The van der Waals surface area contributed by atoms with E-state index in [0.29, 0.717) is 6.42 Å². The molecular formula is C50H106Br2N2O4. The molecule has 0 aliphatic carbocycles. The van der Waals surface area contributed by atoms with Crippen LogP contribution in [0.15, 0.2) is 0 Å². The fourth-order valence-electron chi connectivity index (χ4n) is 7.32. The number of hydrogen-bond donors (Lipinski definition) is 2. The average Bonchev–Trinajstić information content (AvgIpc) is 3.18. The number of halogens is 2. The highest BCUT2D eigenvalue weighted by Crippen LogP contribution is 2.14. The van der Waals surface area contributed by atoms with Gasteiger partial charge in [-0.25, -0.2) is 0 Å². The van der Waals surface area contributed by atoms with Crippen molar-refractivity contribution >= 4 is 45.9 Å². The lowest BCUT2D eigenvalue weighted by Crippen LogP contribution is -2.20. The van der Waals surface area contributed by atoms with Gasteiger partial charge in [0.25, 0.3) is 0 Å². The van der Waals surface area contributed by atoms with Crippen LogP contribution in [0.2, 0.25) is 0 Å². The molecular weight excluding hydrogens is 852 g/mol. The van der Waals surface area contributed by atoms with E-state index in [1.807, 2.05) is 6.92 Å². The van der Waals surface area contributed by atoms with Crippen LogP contribution in [0, 0.1) is 5.92 Å². The third-order valence-electron chi connectivity index (χ3n) is 11.3. The second-order valence-electron chi connectivity index (χ2n) is 17.3. The monoisotopic (exact) mass is 957 g/mol. The Bertz CT molecular complexity index is 679. The number of carbonyl (C=O) groups is 2. The molecule has 0 spiro atoms. The molecule has 0 rings (SSSR count). The van der Waals surface area contributed by atoms with Crippen LogP contribution in [0.3, 0.4) is 0 Å². The first-order valence-electron chi connectivity index (χ1n) is 25.0. The first-order chi connectivity index (χ1) is 27.2. The Kier molecular flexibility index (Phi) is 68.0. The Morgan fingerprint density at radius 2 is 0.586 bits per heavy atom. The number of hydrogen-bond acceptors (Lipinski definition) is 4. The summed E-state index contributed by atoms with van der Waals surface area (Å²) in [4.78, 5) is 25.7. The topological polar surface area (TPSA) is 81.1 Å². The van der Waals surface area contributed by atoms with Crippen LogP contribution >= 0.6 is 34.0 Å². The van der Waals surface area contributed by atoms with Gasteiger partial charge in [0.15, 0.2) is 0 Å². The predicted octanol–water partition coefficient (Wildman–Crippen LogP) is 16.9. The van der Waals surface area contributed by atoms with Crippen LogP contribution in [0.25, 0.3) is 0 Å². The highest BCUT2D eigenvalue weighted by atomic mass is 79.9. The molecule has 0 aliphatic rings. The van der Waals surface area contributed by atoms with Crippen LogP contribution in [-0.4, -0.2) is 72.2 Å². The maximum atomic E-state index is 10.5. The van der Waals surface area contributed by atoms with E-state index in [1.165, 1.54) is 232 Å².